The molecule has 0 spiro atoms. The summed E-state index contributed by atoms with van der Waals surface area (Å²) < 4.78 is 5.65. The Morgan fingerprint density at radius 1 is 0.977 bits per heavy atom. The van der Waals surface area contributed by atoms with Crippen molar-refractivity contribution < 1.29 is 14.3 Å². The minimum Gasteiger partial charge on any atom is -0.444 e. The number of hydrogen-bond donors (Lipinski definition) is 1. The fourth-order valence-corrected chi connectivity index (χ4v) is 7.13. The highest BCUT2D eigenvalue weighted by Gasteiger charge is 2.35. The molecule has 5 rings (SSSR count). The molecule has 236 valence electrons. The van der Waals surface area contributed by atoms with Gasteiger partial charge in [0.05, 0.1) is 11.2 Å². The molecule has 0 bridgehead atoms. The van der Waals surface area contributed by atoms with Crippen LogP contribution in [0.15, 0.2) is 30.5 Å². The molecule has 0 radical (unpaired) electrons. The van der Waals surface area contributed by atoms with Crippen molar-refractivity contribution >= 4 is 28.6 Å². The molecule has 9 heteroatoms. The summed E-state index contributed by atoms with van der Waals surface area (Å²) in [5.41, 5.74) is 3.06. The van der Waals surface area contributed by atoms with E-state index in [1.807, 2.05) is 37.9 Å². The average molecular weight is 593 g/mol. The van der Waals surface area contributed by atoms with E-state index in [-0.39, 0.29) is 18.0 Å². The monoisotopic (exact) mass is 592 g/mol. The van der Waals surface area contributed by atoms with Gasteiger partial charge in [0, 0.05) is 76.4 Å². The number of carbonyl (C=O) groups excluding carboxylic acids is 2. The van der Waals surface area contributed by atoms with Crippen LogP contribution in [0.1, 0.15) is 64.9 Å². The first-order valence-electron chi connectivity index (χ1n) is 16.5. The van der Waals surface area contributed by atoms with Crippen LogP contribution in [0.5, 0.6) is 0 Å². The summed E-state index contributed by atoms with van der Waals surface area (Å²) in [6.07, 6.45) is 7.49. The van der Waals surface area contributed by atoms with Crippen molar-refractivity contribution in [1.29, 1.82) is 0 Å². The van der Waals surface area contributed by atoms with Gasteiger partial charge in [-0.05, 0) is 90.4 Å². The second-order valence-corrected chi connectivity index (χ2v) is 13.7. The van der Waals surface area contributed by atoms with E-state index < -0.39 is 5.60 Å². The molecular weight excluding hydrogens is 540 g/mol. The standard InChI is InChI=1S/C34H52N6O3/c1-26-10-11-28-9-7-14-36-31(28)32(26)39-19-8-18-38(23-24-39)29(25-30(41)35-15-22-37-16-5-6-17-37)27-12-20-40(21-13-27)33(42)43-34(2,3)4/h7,9-11,14,27,29H,5-6,8,12-13,15-25H2,1-4H3,(H,35,41). The van der Waals surface area contributed by atoms with Gasteiger partial charge in [-0.2, -0.15) is 0 Å². The number of carbonyl (C=O) groups is 2. The van der Waals surface area contributed by atoms with Crippen molar-refractivity contribution in [3.8, 4) is 0 Å². The molecule has 2 amide bonds. The number of rotatable bonds is 8. The third-order valence-corrected chi connectivity index (χ3v) is 9.34. The molecular formula is C34H52N6O3. The van der Waals surface area contributed by atoms with Crippen LogP contribution in [0.4, 0.5) is 10.5 Å². The summed E-state index contributed by atoms with van der Waals surface area (Å²) in [4.78, 5) is 40.2. The highest BCUT2D eigenvalue weighted by Crippen LogP contribution is 2.32. The Morgan fingerprint density at radius 3 is 2.49 bits per heavy atom. The molecule has 3 saturated heterocycles. The van der Waals surface area contributed by atoms with Crippen molar-refractivity contribution in [3.05, 3.63) is 36.0 Å². The Kier molecular flexibility index (Phi) is 10.4. The third-order valence-electron chi connectivity index (χ3n) is 9.34. The summed E-state index contributed by atoms with van der Waals surface area (Å²) >= 11 is 0. The number of aryl methyl sites for hydroxylation is 1. The Hall–Kier alpha value is -2.91. The molecule has 1 atom stereocenters. The molecule has 1 aromatic heterocycles. The lowest BCUT2D eigenvalue weighted by Crippen LogP contribution is -2.50. The van der Waals surface area contributed by atoms with Gasteiger partial charge in [0.25, 0.3) is 0 Å². The first kappa shape index (κ1) is 31.5. The van der Waals surface area contributed by atoms with Crippen molar-refractivity contribution in [2.24, 2.45) is 5.92 Å². The minimum absolute atomic E-state index is 0.147. The van der Waals surface area contributed by atoms with Crippen LogP contribution in [0.25, 0.3) is 10.9 Å². The molecule has 3 fully saturated rings. The molecule has 0 aliphatic carbocycles. The molecule has 3 aliphatic rings. The highest BCUT2D eigenvalue weighted by atomic mass is 16.6. The molecule has 1 aromatic carbocycles. The number of benzene rings is 1. The van der Waals surface area contributed by atoms with Crippen LogP contribution in [0.3, 0.4) is 0 Å². The van der Waals surface area contributed by atoms with Gasteiger partial charge in [-0.3, -0.25) is 14.7 Å². The number of nitrogens with zero attached hydrogens (tertiary/aromatic N) is 5. The number of ether oxygens (including phenoxy) is 1. The SMILES string of the molecule is Cc1ccc2cccnc2c1N1CCCN(C(CC(=O)NCCN2CCCC2)C2CCN(C(=O)OC(C)(C)C)CC2)CC1. The van der Waals surface area contributed by atoms with Crippen LogP contribution in [-0.2, 0) is 9.53 Å². The fourth-order valence-electron chi connectivity index (χ4n) is 7.13. The maximum Gasteiger partial charge on any atom is 0.410 e. The van der Waals surface area contributed by atoms with E-state index >= 15 is 0 Å². The lowest BCUT2D eigenvalue weighted by Gasteiger charge is -2.41. The maximum atomic E-state index is 13.3. The number of piperidine rings is 1. The maximum absolute atomic E-state index is 13.3. The predicted octanol–water partition coefficient (Wildman–Crippen LogP) is 4.67. The van der Waals surface area contributed by atoms with Gasteiger partial charge in [0.2, 0.25) is 5.91 Å². The Balaban J connectivity index is 1.26. The minimum atomic E-state index is -0.500. The normalized spacial score (nSPS) is 20.3. The van der Waals surface area contributed by atoms with Crippen LogP contribution in [0.2, 0.25) is 0 Å². The van der Waals surface area contributed by atoms with Crippen molar-refractivity contribution in [3.63, 3.8) is 0 Å². The van der Waals surface area contributed by atoms with E-state index in [1.54, 1.807) is 0 Å². The number of aromatic nitrogens is 1. The number of hydrogen-bond acceptors (Lipinski definition) is 7. The van der Waals surface area contributed by atoms with Crippen LogP contribution < -0.4 is 10.2 Å². The van der Waals surface area contributed by atoms with E-state index in [0.29, 0.717) is 32.0 Å². The van der Waals surface area contributed by atoms with Gasteiger partial charge in [0.15, 0.2) is 0 Å². The lowest BCUT2D eigenvalue weighted by atomic mass is 9.86. The van der Waals surface area contributed by atoms with Crippen molar-refractivity contribution in [2.75, 3.05) is 70.3 Å². The summed E-state index contributed by atoms with van der Waals surface area (Å²) in [5, 5.41) is 4.41. The fraction of sp³-hybridized carbons (Fsp3) is 0.676. The van der Waals surface area contributed by atoms with Crippen LogP contribution >= 0.6 is 0 Å². The zero-order chi connectivity index (χ0) is 30.4. The number of nitrogens with one attached hydrogen (secondary N) is 1. The Bertz CT molecular complexity index is 1230. The second-order valence-electron chi connectivity index (χ2n) is 13.7. The Morgan fingerprint density at radius 2 is 1.74 bits per heavy atom. The predicted molar refractivity (Wildman–Crippen MR) is 173 cm³/mol. The van der Waals surface area contributed by atoms with E-state index in [0.717, 1.165) is 70.6 Å². The number of amides is 2. The smallest absolute Gasteiger partial charge is 0.410 e. The van der Waals surface area contributed by atoms with Crippen LogP contribution in [-0.4, -0.2) is 109 Å². The quantitative estimate of drug-likeness (QED) is 0.477. The Labute approximate surface area is 257 Å². The highest BCUT2D eigenvalue weighted by molar-refractivity contribution is 5.92. The van der Waals surface area contributed by atoms with Gasteiger partial charge >= 0.3 is 6.09 Å². The molecule has 0 saturated carbocycles. The van der Waals surface area contributed by atoms with Gasteiger partial charge in [0.1, 0.15) is 5.60 Å². The molecule has 4 heterocycles. The van der Waals surface area contributed by atoms with E-state index in [1.165, 1.54) is 29.5 Å². The average Bonchev–Trinajstić information content (AvgIpc) is 3.38. The van der Waals surface area contributed by atoms with Crippen LogP contribution in [0, 0.1) is 12.8 Å². The molecule has 43 heavy (non-hydrogen) atoms. The summed E-state index contributed by atoms with van der Waals surface area (Å²) in [5.74, 6) is 0.504. The number of pyridine rings is 1. The second kappa shape index (κ2) is 14.2. The van der Waals surface area contributed by atoms with Gasteiger partial charge in [-0.1, -0.05) is 18.2 Å². The summed E-state index contributed by atoms with van der Waals surface area (Å²) in [6, 6.07) is 8.65. The van der Waals surface area contributed by atoms with Crippen molar-refractivity contribution in [1.82, 2.24) is 25.0 Å². The first-order valence-corrected chi connectivity index (χ1v) is 16.5. The molecule has 2 aromatic rings. The van der Waals surface area contributed by atoms with E-state index in [4.69, 9.17) is 9.72 Å². The lowest BCUT2D eigenvalue weighted by molar-refractivity contribution is -0.123. The molecule has 9 nitrogen and oxygen atoms in total. The topological polar surface area (TPSA) is 81.3 Å². The summed E-state index contributed by atoms with van der Waals surface area (Å²) in [6.45, 7) is 16.9. The number of fused-ring (bicyclic) bond motifs is 1. The molecule has 1 N–H and O–H groups in total. The van der Waals surface area contributed by atoms with Gasteiger partial charge in [-0.15, -0.1) is 0 Å². The largest absolute Gasteiger partial charge is 0.444 e. The van der Waals surface area contributed by atoms with E-state index in [2.05, 4.69) is 45.1 Å². The molecule has 1 unspecified atom stereocenters. The van der Waals surface area contributed by atoms with Gasteiger partial charge in [-0.25, -0.2) is 4.79 Å². The van der Waals surface area contributed by atoms with Crippen molar-refractivity contribution in [2.45, 2.75) is 77.9 Å². The third kappa shape index (κ3) is 8.38. The zero-order valence-corrected chi connectivity index (χ0v) is 26.8. The first-order chi connectivity index (χ1) is 20.7. The number of anilines is 1. The molecule has 3 aliphatic heterocycles. The van der Waals surface area contributed by atoms with E-state index in [9.17, 15) is 9.59 Å². The van der Waals surface area contributed by atoms with Gasteiger partial charge < -0.3 is 24.8 Å². The zero-order valence-electron chi connectivity index (χ0n) is 26.8. The number of likely N-dealkylation sites (tertiary alicyclic amines) is 2. The summed E-state index contributed by atoms with van der Waals surface area (Å²) in [7, 11) is 0.